The van der Waals surface area contributed by atoms with Crippen LogP contribution in [0.4, 0.5) is 0 Å². The van der Waals surface area contributed by atoms with Gasteiger partial charge in [-0.05, 0) is 39.6 Å². The third-order valence-corrected chi connectivity index (χ3v) is 3.92. The molecule has 0 aromatic carbocycles. The van der Waals surface area contributed by atoms with E-state index in [9.17, 15) is 15.0 Å². The molecule has 0 saturated carbocycles. The van der Waals surface area contributed by atoms with E-state index in [1.54, 1.807) is 18.2 Å². The van der Waals surface area contributed by atoms with Crippen molar-refractivity contribution in [1.29, 1.82) is 0 Å². The molecule has 0 aromatic rings. The molecule has 0 spiro atoms. The molecule has 20 heavy (non-hydrogen) atoms. The van der Waals surface area contributed by atoms with Gasteiger partial charge in [-0.2, -0.15) is 0 Å². The Bertz CT molecular complexity index is 404. The molecule has 114 valence electrons. The van der Waals surface area contributed by atoms with Gasteiger partial charge in [0.1, 0.15) is 11.5 Å². The minimum absolute atomic E-state index is 0.309. The topological polar surface area (TPSA) is 72.8 Å². The highest BCUT2D eigenvalue weighted by molar-refractivity contribution is 5.75. The Labute approximate surface area is 121 Å². The van der Waals surface area contributed by atoms with Gasteiger partial charge in [-0.25, -0.2) is 0 Å². The second-order valence-electron chi connectivity index (χ2n) is 5.58. The lowest BCUT2D eigenvalue weighted by molar-refractivity contribution is -0.149. The molecule has 3 unspecified atom stereocenters. The molecule has 0 bridgehead atoms. The maximum Gasteiger partial charge on any atom is 0.313 e. The Morgan fingerprint density at radius 3 is 2.70 bits per heavy atom. The maximum absolute atomic E-state index is 11.4. The number of nitrogens with zero attached hydrogens (tertiary/aromatic N) is 1. The van der Waals surface area contributed by atoms with E-state index in [1.807, 2.05) is 25.9 Å². The second-order valence-corrected chi connectivity index (χ2v) is 5.58. The highest BCUT2D eigenvalue weighted by Crippen LogP contribution is 2.32. The van der Waals surface area contributed by atoms with Gasteiger partial charge < -0.3 is 20.4 Å². The van der Waals surface area contributed by atoms with Crippen molar-refractivity contribution in [2.45, 2.75) is 38.3 Å². The normalized spacial score (nSPS) is 27.3. The summed E-state index contributed by atoms with van der Waals surface area (Å²) < 4.78 is 0. The predicted molar refractivity (Wildman–Crippen MR) is 79.4 cm³/mol. The summed E-state index contributed by atoms with van der Waals surface area (Å²) in [5.74, 6) is -1.95. The fourth-order valence-electron chi connectivity index (χ4n) is 2.33. The van der Waals surface area contributed by atoms with Crippen LogP contribution in [0, 0.1) is 5.92 Å². The number of carboxylic acids is 1. The second kappa shape index (κ2) is 6.90. The van der Waals surface area contributed by atoms with Gasteiger partial charge in [0.2, 0.25) is 0 Å². The van der Waals surface area contributed by atoms with Crippen molar-refractivity contribution in [3.8, 4) is 0 Å². The summed E-state index contributed by atoms with van der Waals surface area (Å²) in [4.78, 5) is 13.2. The van der Waals surface area contributed by atoms with Gasteiger partial charge in [0.25, 0.3) is 0 Å². The van der Waals surface area contributed by atoms with E-state index in [1.165, 1.54) is 0 Å². The Kier molecular flexibility index (Phi) is 5.77. The van der Waals surface area contributed by atoms with Crippen molar-refractivity contribution in [2.24, 2.45) is 5.92 Å². The number of nitrogens with one attached hydrogen (secondary N) is 1. The highest BCUT2D eigenvalue weighted by Gasteiger charge is 2.45. The quantitative estimate of drug-likeness (QED) is 0.612. The summed E-state index contributed by atoms with van der Waals surface area (Å²) >= 11 is 0. The molecule has 5 heteroatoms. The number of carboxylic acid groups (broad SMARTS) is 1. The van der Waals surface area contributed by atoms with Gasteiger partial charge >= 0.3 is 5.97 Å². The van der Waals surface area contributed by atoms with E-state index in [0.717, 1.165) is 25.1 Å². The molecule has 3 atom stereocenters. The molecule has 0 aliphatic heterocycles. The number of carbonyl (C=O) groups is 1. The van der Waals surface area contributed by atoms with Crippen LogP contribution in [0.3, 0.4) is 0 Å². The molecule has 0 amide bonds. The van der Waals surface area contributed by atoms with Crippen LogP contribution < -0.4 is 5.32 Å². The molecule has 1 rings (SSSR count). The number of likely N-dealkylation sites (N-methyl/N-ethyl adjacent to an activating group) is 1. The lowest BCUT2D eigenvalue weighted by Crippen LogP contribution is -2.55. The molecular formula is C15H26N2O3. The summed E-state index contributed by atoms with van der Waals surface area (Å²) in [6, 6.07) is -0.309. The lowest BCUT2D eigenvalue weighted by Gasteiger charge is -2.40. The van der Waals surface area contributed by atoms with Crippen molar-refractivity contribution < 1.29 is 15.0 Å². The first-order chi connectivity index (χ1) is 9.32. The van der Waals surface area contributed by atoms with E-state index in [0.29, 0.717) is 0 Å². The van der Waals surface area contributed by atoms with Crippen molar-refractivity contribution >= 4 is 5.97 Å². The third-order valence-electron chi connectivity index (χ3n) is 3.92. The average molecular weight is 282 g/mol. The summed E-state index contributed by atoms with van der Waals surface area (Å²) in [5.41, 5.74) is -0.634. The number of aliphatic carboxylic acids is 1. The predicted octanol–water partition coefficient (Wildman–Crippen LogP) is 1.21. The van der Waals surface area contributed by atoms with Crippen LogP contribution in [0.1, 0.15) is 26.7 Å². The van der Waals surface area contributed by atoms with Crippen LogP contribution >= 0.6 is 0 Å². The van der Waals surface area contributed by atoms with Crippen molar-refractivity contribution in [3.63, 3.8) is 0 Å². The largest absolute Gasteiger partial charge is 0.481 e. The van der Waals surface area contributed by atoms with Crippen LogP contribution in [0.5, 0.6) is 0 Å². The average Bonchev–Trinajstić information content (AvgIpc) is 2.37. The lowest BCUT2D eigenvalue weighted by atomic mass is 9.77. The zero-order chi connectivity index (χ0) is 15.3. The fraction of sp³-hybridized carbons (Fsp3) is 0.667. The molecule has 1 aliphatic carbocycles. The van der Waals surface area contributed by atoms with Crippen molar-refractivity contribution in [2.75, 3.05) is 20.6 Å². The summed E-state index contributed by atoms with van der Waals surface area (Å²) in [7, 11) is 3.66. The zero-order valence-corrected chi connectivity index (χ0v) is 12.8. The van der Waals surface area contributed by atoms with Crippen LogP contribution in [-0.2, 0) is 4.79 Å². The third kappa shape index (κ3) is 3.61. The number of allylic oxidation sites excluding steroid dienone is 1. The molecule has 1 aliphatic rings. The SMILES string of the molecule is CCCCNC1=CC(O)(C(C)N(C)C)C(C(=O)O)C=C1. The first-order valence-electron chi connectivity index (χ1n) is 7.09. The molecule has 0 fully saturated rings. The van der Waals surface area contributed by atoms with Crippen LogP contribution in [0.15, 0.2) is 23.9 Å². The highest BCUT2D eigenvalue weighted by atomic mass is 16.4. The first kappa shape index (κ1) is 16.7. The van der Waals surface area contributed by atoms with Crippen LogP contribution in [0.2, 0.25) is 0 Å². The zero-order valence-electron chi connectivity index (χ0n) is 12.8. The van der Waals surface area contributed by atoms with Crippen LogP contribution in [0.25, 0.3) is 0 Å². The molecular weight excluding hydrogens is 256 g/mol. The number of rotatable bonds is 7. The minimum Gasteiger partial charge on any atom is -0.481 e. The van der Waals surface area contributed by atoms with E-state index < -0.39 is 17.5 Å². The van der Waals surface area contributed by atoms with Gasteiger partial charge in [0.05, 0.1) is 0 Å². The summed E-state index contributed by atoms with van der Waals surface area (Å²) in [6.45, 7) is 4.75. The molecule has 5 nitrogen and oxygen atoms in total. The van der Waals surface area contributed by atoms with Crippen LogP contribution in [-0.4, -0.2) is 53.4 Å². The smallest absolute Gasteiger partial charge is 0.313 e. The Hall–Kier alpha value is -1.33. The Balaban J connectivity index is 2.98. The van der Waals surface area contributed by atoms with E-state index in [-0.39, 0.29) is 6.04 Å². The first-order valence-corrected chi connectivity index (χ1v) is 7.09. The number of hydrogen-bond donors (Lipinski definition) is 3. The fourth-order valence-corrected chi connectivity index (χ4v) is 2.33. The van der Waals surface area contributed by atoms with Crippen molar-refractivity contribution in [1.82, 2.24) is 10.2 Å². The van der Waals surface area contributed by atoms with Gasteiger partial charge in [-0.3, -0.25) is 4.79 Å². The minimum atomic E-state index is -1.42. The van der Waals surface area contributed by atoms with E-state index >= 15 is 0 Å². The Morgan fingerprint density at radius 1 is 1.55 bits per heavy atom. The monoisotopic (exact) mass is 282 g/mol. The number of hydrogen-bond acceptors (Lipinski definition) is 4. The molecule has 0 aromatic heterocycles. The Morgan fingerprint density at radius 2 is 2.20 bits per heavy atom. The summed E-state index contributed by atoms with van der Waals surface area (Å²) in [6.07, 6.45) is 7.07. The van der Waals surface area contributed by atoms with Gasteiger partial charge in [-0.15, -0.1) is 0 Å². The van der Waals surface area contributed by atoms with Gasteiger partial charge in [0.15, 0.2) is 0 Å². The van der Waals surface area contributed by atoms with Gasteiger partial charge in [0, 0.05) is 18.3 Å². The molecule has 0 saturated heterocycles. The molecule has 0 radical (unpaired) electrons. The van der Waals surface area contributed by atoms with E-state index in [4.69, 9.17) is 0 Å². The summed E-state index contributed by atoms with van der Waals surface area (Å²) in [5, 5.41) is 23.4. The maximum atomic E-state index is 11.4. The van der Waals surface area contributed by atoms with Crippen molar-refractivity contribution in [3.05, 3.63) is 23.9 Å². The van der Waals surface area contributed by atoms with E-state index in [2.05, 4.69) is 12.2 Å². The molecule has 3 N–H and O–H groups in total. The number of unbranched alkanes of at least 4 members (excludes halogenated alkanes) is 1. The number of aliphatic hydroxyl groups is 1. The molecule has 0 heterocycles. The standard InChI is InChI=1S/C15H26N2O3/c1-5-6-9-16-12-7-8-13(14(18)19)15(20,10-12)11(2)17(3)4/h7-8,10-11,13,16,20H,5-6,9H2,1-4H3,(H,18,19). The van der Waals surface area contributed by atoms with Gasteiger partial charge in [-0.1, -0.05) is 19.4 Å².